The minimum absolute atomic E-state index is 0.246. The lowest BCUT2D eigenvalue weighted by molar-refractivity contribution is 0.401. The van der Waals surface area contributed by atoms with Gasteiger partial charge in [-0.3, -0.25) is 4.98 Å². The van der Waals surface area contributed by atoms with Gasteiger partial charge in [-0.2, -0.15) is 4.31 Å². The number of sulfonamides is 1. The zero-order valence-corrected chi connectivity index (χ0v) is 21.5. The first-order valence-corrected chi connectivity index (χ1v) is 13.4. The quantitative estimate of drug-likeness (QED) is 0.268. The van der Waals surface area contributed by atoms with E-state index < -0.39 is 10.0 Å². The summed E-state index contributed by atoms with van der Waals surface area (Å²) in [5.41, 5.74) is 1.93. The molecule has 0 spiro atoms. The Labute approximate surface area is 217 Å². The van der Waals surface area contributed by atoms with Gasteiger partial charge in [0.05, 0.1) is 12.0 Å². The minimum Gasteiger partial charge on any atom is -0.497 e. The summed E-state index contributed by atoms with van der Waals surface area (Å²) >= 11 is 5.93. The average Bonchev–Trinajstić information content (AvgIpc) is 2.91. The number of hydrogen-bond donors (Lipinski definition) is 1. The molecule has 4 rings (SSSR count). The summed E-state index contributed by atoms with van der Waals surface area (Å²) in [5.74, 6) is 0.726. The zero-order chi connectivity index (χ0) is 25.4. The molecular weight excluding hydrogens is 494 g/mol. The van der Waals surface area contributed by atoms with Crippen LogP contribution in [0.4, 0.5) is 0 Å². The number of fused-ring (bicyclic) bond motifs is 1. The number of nitrogens with one attached hydrogen (secondary N) is 1. The molecule has 3 aromatic carbocycles. The van der Waals surface area contributed by atoms with Crippen molar-refractivity contribution in [3.63, 3.8) is 0 Å². The molecule has 1 aromatic heterocycles. The fourth-order valence-electron chi connectivity index (χ4n) is 3.83. The molecule has 0 aliphatic heterocycles. The van der Waals surface area contributed by atoms with E-state index in [0.717, 1.165) is 22.3 Å². The third-order valence-corrected chi connectivity index (χ3v) is 7.91. The average molecular weight is 522 g/mol. The van der Waals surface area contributed by atoms with Crippen LogP contribution in [0.25, 0.3) is 16.8 Å². The molecule has 0 unspecified atom stereocenters. The highest BCUT2D eigenvalue weighted by Crippen LogP contribution is 2.26. The Morgan fingerprint density at radius 2 is 1.81 bits per heavy atom. The van der Waals surface area contributed by atoms with E-state index in [1.54, 1.807) is 37.7 Å². The van der Waals surface area contributed by atoms with Crippen LogP contribution in [0.15, 0.2) is 96.2 Å². The highest BCUT2D eigenvalue weighted by molar-refractivity contribution is 7.89. The van der Waals surface area contributed by atoms with Crippen molar-refractivity contribution in [1.29, 1.82) is 0 Å². The van der Waals surface area contributed by atoms with Crippen molar-refractivity contribution < 1.29 is 13.2 Å². The monoisotopic (exact) mass is 521 g/mol. The maximum absolute atomic E-state index is 13.8. The van der Waals surface area contributed by atoms with E-state index in [9.17, 15) is 8.42 Å². The summed E-state index contributed by atoms with van der Waals surface area (Å²) in [6.07, 6.45) is 7.29. The van der Waals surface area contributed by atoms with Gasteiger partial charge in [-0.15, -0.1) is 0 Å². The van der Waals surface area contributed by atoms with E-state index in [1.807, 2.05) is 66.7 Å². The molecule has 0 saturated heterocycles. The van der Waals surface area contributed by atoms with Crippen LogP contribution in [0.1, 0.15) is 11.1 Å². The molecule has 186 valence electrons. The smallest absolute Gasteiger partial charge is 0.244 e. The molecular formula is C28H28ClN3O3S. The number of ether oxygens (including phenoxy) is 1. The highest BCUT2D eigenvalue weighted by Gasteiger charge is 2.26. The molecule has 0 amide bonds. The third kappa shape index (κ3) is 6.50. The molecule has 0 atom stereocenters. The van der Waals surface area contributed by atoms with Crippen LogP contribution in [0.3, 0.4) is 0 Å². The van der Waals surface area contributed by atoms with E-state index >= 15 is 0 Å². The summed E-state index contributed by atoms with van der Waals surface area (Å²) in [6, 6.07) is 22.0. The maximum atomic E-state index is 13.8. The van der Waals surface area contributed by atoms with Gasteiger partial charge >= 0.3 is 0 Å². The minimum atomic E-state index is -3.78. The molecule has 0 bridgehead atoms. The second-order valence-corrected chi connectivity index (χ2v) is 10.5. The van der Waals surface area contributed by atoms with Crippen LogP contribution in [-0.2, 0) is 16.6 Å². The van der Waals surface area contributed by atoms with E-state index in [0.29, 0.717) is 30.0 Å². The van der Waals surface area contributed by atoms with Crippen molar-refractivity contribution in [2.45, 2.75) is 11.4 Å². The lowest BCUT2D eigenvalue weighted by Crippen LogP contribution is -2.36. The van der Waals surface area contributed by atoms with Gasteiger partial charge in [0.1, 0.15) is 5.75 Å². The van der Waals surface area contributed by atoms with Crippen LogP contribution in [0.2, 0.25) is 5.02 Å². The normalized spacial score (nSPS) is 12.0. The molecule has 0 saturated carbocycles. The SMILES string of the molecule is COc1ccc(CN(CCNC/C=C/c2ccc(Cl)cc2)S(=O)(=O)c2cccc3cnccc23)cc1. The maximum Gasteiger partial charge on any atom is 0.244 e. The van der Waals surface area contributed by atoms with E-state index in [2.05, 4.69) is 10.3 Å². The van der Waals surface area contributed by atoms with Crippen LogP contribution >= 0.6 is 11.6 Å². The first-order valence-electron chi connectivity index (χ1n) is 11.6. The number of rotatable bonds is 11. The largest absolute Gasteiger partial charge is 0.497 e. The van der Waals surface area contributed by atoms with Crippen molar-refractivity contribution in [3.05, 3.63) is 107 Å². The predicted octanol–water partition coefficient (Wildman–Crippen LogP) is 5.39. The Morgan fingerprint density at radius 3 is 2.56 bits per heavy atom. The Kier molecular flexibility index (Phi) is 8.72. The Bertz CT molecular complexity index is 1420. The standard InChI is InChI=1S/C28H28ClN3O3S/c1-35-26-13-9-23(10-14-26)21-32(19-18-30-16-3-4-22-7-11-25(29)12-8-22)36(33,34)28-6-2-5-24-20-31-17-15-27(24)28/h2-15,17,20,30H,16,18-19,21H2,1H3/b4-3+. The summed E-state index contributed by atoms with van der Waals surface area (Å²) in [5, 5.41) is 5.46. The Balaban J connectivity index is 1.50. The van der Waals surface area contributed by atoms with Gasteiger partial charge in [0.2, 0.25) is 10.0 Å². The third-order valence-electron chi connectivity index (χ3n) is 5.76. The molecule has 0 aliphatic carbocycles. The van der Waals surface area contributed by atoms with Crippen LogP contribution in [-0.4, -0.2) is 44.5 Å². The van der Waals surface area contributed by atoms with Crippen LogP contribution < -0.4 is 10.1 Å². The first kappa shape index (κ1) is 25.9. The van der Waals surface area contributed by atoms with Gasteiger partial charge in [-0.05, 0) is 47.5 Å². The Morgan fingerprint density at radius 1 is 1.03 bits per heavy atom. The second kappa shape index (κ2) is 12.1. The molecule has 1 N–H and O–H groups in total. The van der Waals surface area contributed by atoms with Gasteiger partial charge in [0, 0.05) is 54.4 Å². The summed E-state index contributed by atoms with van der Waals surface area (Å²) in [6.45, 7) is 1.66. The molecule has 6 nitrogen and oxygen atoms in total. The Hall–Kier alpha value is -3.23. The predicted molar refractivity (Wildman–Crippen MR) is 146 cm³/mol. The van der Waals surface area contributed by atoms with Gasteiger partial charge < -0.3 is 10.1 Å². The number of aromatic nitrogens is 1. The van der Waals surface area contributed by atoms with Gasteiger partial charge in [-0.25, -0.2) is 8.42 Å². The van der Waals surface area contributed by atoms with Crippen molar-refractivity contribution in [2.24, 2.45) is 0 Å². The van der Waals surface area contributed by atoms with Crippen molar-refractivity contribution >= 4 is 38.5 Å². The van der Waals surface area contributed by atoms with Crippen molar-refractivity contribution in [2.75, 3.05) is 26.7 Å². The second-order valence-electron chi connectivity index (χ2n) is 8.20. The van der Waals surface area contributed by atoms with Crippen molar-refractivity contribution in [1.82, 2.24) is 14.6 Å². The van der Waals surface area contributed by atoms with E-state index in [1.165, 1.54) is 4.31 Å². The summed E-state index contributed by atoms with van der Waals surface area (Å²) in [7, 11) is -2.17. The number of hydrogen-bond acceptors (Lipinski definition) is 5. The number of halogens is 1. The molecule has 0 fully saturated rings. The lowest BCUT2D eigenvalue weighted by atomic mass is 10.2. The van der Waals surface area contributed by atoms with E-state index in [4.69, 9.17) is 16.3 Å². The fraction of sp³-hybridized carbons (Fsp3) is 0.179. The van der Waals surface area contributed by atoms with Gasteiger partial charge in [0.25, 0.3) is 0 Å². The lowest BCUT2D eigenvalue weighted by Gasteiger charge is -2.23. The molecule has 0 aliphatic rings. The number of pyridine rings is 1. The first-order chi connectivity index (χ1) is 17.5. The molecule has 1 heterocycles. The highest BCUT2D eigenvalue weighted by atomic mass is 35.5. The molecule has 4 aromatic rings. The summed E-state index contributed by atoms with van der Waals surface area (Å²) < 4.78 is 34.4. The van der Waals surface area contributed by atoms with Gasteiger partial charge in [0.15, 0.2) is 0 Å². The van der Waals surface area contributed by atoms with Crippen LogP contribution in [0, 0.1) is 0 Å². The van der Waals surface area contributed by atoms with Crippen molar-refractivity contribution in [3.8, 4) is 5.75 Å². The van der Waals surface area contributed by atoms with Gasteiger partial charge in [-0.1, -0.05) is 60.2 Å². The topological polar surface area (TPSA) is 71.5 Å². The molecule has 0 radical (unpaired) electrons. The van der Waals surface area contributed by atoms with Crippen LogP contribution in [0.5, 0.6) is 5.75 Å². The zero-order valence-electron chi connectivity index (χ0n) is 20.0. The number of methoxy groups -OCH3 is 1. The number of benzene rings is 3. The van der Waals surface area contributed by atoms with E-state index in [-0.39, 0.29) is 11.4 Å². The molecule has 8 heteroatoms. The number of nitrogens with zero attached hydrogens (tertiary/aromatic N) is 2. The summed E-state index contributed by atoms with van der Waals surface area (Å²) in [4.78, 5) is 4.40. The fourth-order valence-corrected chi connectivity index (χ4v) is 5.60. The molecule has 36 heavy (non-hydrogen) atoms.